The van der Waals surface area contributed by atoms with E-state index in [1.165, 1.54) is 0 Å². The molecular formula is C17H21Cl2N3O2S. The zero-order chi connectivity index (χ0) is 18.6. The highest BCUT2D eigenvalue weighted by Crippen LogP contribution is 2.39. The van der Waals surface area contributed by atoms with E-state index in [9.17, 15) is 4.79 Å². The highest BCUT2D eigenvalue weighted by atomic mass is 35.5. The van der Waals surface area contributed by atoms with Crippen LogP contribution in [0.1, 0.15) is 26.5 Å². The Labute approximate surface area is 161 Å². The Morgan fingerprint density at radius 2 is 1.92 bits per heavy atom. The smallest absolute Gasteiger partial charge is 0.319 e. The molecule has 1 aromatic heterocycles. The highest BCUT2D eigenvalue weighted by Gasteiger charge is 2.21. The Kier molecular flexibility index (Phi) is 6.65. The first-order valence-electron chi connectivity index (χ1n) is 7.78. The number of benzene rings is 1. The molecule has 2 N–H and O–H groups in total. The summed E-state index contributed by atoms with van der Waals surface area (Å²) in [4.78, 5) is 12.2. The number of hydrogen-bond acceptors (Lipinski definition) is 4. The Bertz CT molecular complexity index is 737. The molecule has 5 nitrogen and oxygen atoms in total. The van der Waals surface area contributed by atoms with Gasteiger partial charge in [-0.15, -0.1) is 0 Å². The van der Waals surface area contributed by atoms with Gasteiger partial charge in [0.25, 0.3) is 0 Å². The van der Waals surface area contributed by atoms with Gasteiger partial charge in [0.05, 0.1) is 10.0 Å². The number of carbonyl (C=O) groups excluding carboxylic acids is 1. The number of amides is 2. The van der Waals surface area contributed by atoms with Crippen molar-refractivity contribution < 1.29 is 9.32 Å². The molecule has 0 spiro atoms. The molecule has 0 saturated heterocycles. The molecule has 0 aliphatic heterocycles. The van der Waals surface area contributed by atoms with Crippen LogP contribution in [0.4, 0.5) is 10.5 Å². The number of nitrogens with one attached hydrogen (secondary N) is 2. The average molecular weight is 402 g/mol. The molecule has 25 heavy (non-hydrogen) atoms. The number of thioether (sulfide) groups is 1. The zero-order valence-corrected chi connectivity index (χ0v) is 16.9. The largest absolute Gasteiger partial charge is 0.359 e. The molecule has 0 aliphatic rings. The van der Waals surface area contributed by atoms with Gasteiger partial charge < -0.3 is 15.2 Å². The first-order valence-corrected chi connectivity index (χ1v) is 9.52. The van der Waals surface area contributed by atoms with Gasteiger partial charge in [-0.3, -0.25) is 0 Å². The minimum absolute atomic E-state index is 0.164. The number of urea groups is 1. The maximum atomic E-state index is 12.2. The molecule has 0 bridgehead atoms. The summed E-state index contributed by atoms with van der Waals surface area (Å²) in [6.45, 7) is 8.68. The van der Waals surface area contributed by atoms with Crippen molar-refractivity contribution in [1.82, 2.24) is 10.5 Å². The summed E-state index contributed by atoms with van der Waals surface area (Å²) in [5, 5.41) is 10.5. The molecule has 136 valence electrons. The molecule has 8 heteroatoms. The van der Waals surface area contributed by atoms with Crippen molar-refractivity contribution in [2.75, 3.05) is 17.6 Å². The normalized spacial score (nSPS) is 11.4. The van der Waals surface area contributed by atoms with E-state index < -0.39 is 0 Å². The zero-order valence-electron chi connectivity index (χ0n) is 14.6. The van der Waals surface area contributed by atoms with Gasteiger partial charge in [0.2, 0.25) is 0 Å². The fourth-order valence-electron chi connectivity index (χ4n) is 2.09. The van der Waals surface area contributed by atoms with Crippen LogP contribution in [0, 0.1) is 6.92 Å². The van der Waals surface area contributed by atoms with Gasteiger partial charge in [0, 0.05) is 22.6 Å². The van der Waals surface area contributed by atoms with E-state index in [0.717, 1.165) is 5.75 Å². The van der Waals surface area contributed by atoms with Crippen LogP contribution in [-0.4, -0.2) is 28.2 Å². The number of halogens is 2. The Morgan fingerprint density at radius 1 is 1.28 bits per heavy atom. The number of aryl methyl sites for hydroxylation is 1. The number of rotatable bonds is 5. The fourth-order valence-corrected chi connectivity index (χ4v) is 3.49. The van der Waals surface area contributed by atoms with Gasteiger partial charge in [-0.2, -0.15) is 11.8 Å². The summed E-state index contributed by atoms with van der Waals surface area (Å²) in [7, 11) is 0. The minimum Gasteiger partial charge on any atom is -0.359 e. The first-order chi connectivity index (χ1) is 11.7. The summed E-state index contributed by atoms with van der Waals surface area (Å²) in [6.07, 6.45) is 0. The monoisotopic (exact) mass is 401 g/mol. The number of nitrogens with zero attached hydrogens (tertiary/aromatic N) is 1. The molecule has 2 amide bonds. The van der Waals surface area contributed by atoms with E-state index in [4.69, 9.17) is 27.7 Å². The van der Waals surface area contributed by atoms with E-state index in [1.807, 2.05) is 0 Å². The van der Waals surface area contributed by atoms with Crippen LogP contribution < -0.4 is 10.6 Å². The standard InChI is InChI=1S/C17H21Cl2N3O2S/c1-10-14(21-16(23)20-8-9-25-17(2,3)4)15(22-24-10)13-11(18)6-5-7-12(13)19/h5-7H,8-9H2,1-4H3,(H2,20,21,23). The summed E-state index contributed by atoms with van der Waals surface area (Å²) in [6, 6.07) is 4.83. The minimum atomic E-state index is -0.328. The Hall–Kier alpha value is -1.37. The number of aromatic nitrogens is 1. The molecule has 1 aromatic carbocycles. The predicted octanol–water partition coefficient (Wildman–Crippen LogP) is 5.61. The van der Waals surface area contributed by atoms with Gasteiger partial charge in [0.1, 0.15) is 11.4 Å². The lowest BCUT2D eigenvalue weighted by Crippen LogP contribution is -2.31. The maximum absolute atomic E-state index is 12.2. The van der Waals surface area contributed by atoms with Crippen molar-refractivity contribution >= 4 is 46.7 Å². The third kappa shape index (κ3) is 5.56. The lowest BCUT2D eigenvalue weighted by molar-refractivity contribution is 0.252. The number of hydrogen-bond donors (Lipinski definition) is 2. The van der Waals surface area contributed by atoms with Gasteiger partial charge in [-0.05, 0) is 19.1 Å². The van der Waals surface area contributed by atoms with Crippen LogP contribution in [0.3, 0.4) is 0 Å². The van der Waals surface area contributed by atoms with Crippen LogP contribution >= 0.6 is 35.0 Å². The van der Waals surface area contributed by atoms with Crippen LogP contribution in [0.2, 0.25) is 10.0 Å². The van der Waals surface area contributed by atoms with E-state index in [-0.39, 0.29) is 10.8 Å². The SMILES string of the molecule is Cc1onc(-c2c(Cl)cccc2Cl)c1NC(=O)NCCSC(C)(C)C. The van der Waals surface area contributed by atoms with Gasteiger partial charge >= 0.3 is 6.03 Å². The molecule has 0 fully saturated rings. The molecule has 0 aliphatic carbocycles. The topological polar surface area (TPSA) is 67.2 Å². The van der Waals surface area contributed by atoms with Crippen LogP contribution in [0.15, 0.2) is 22.7 Å². The van der Waals surface area contributed by atoms with Crippen molar-refractivity contribution in [3.05, 3.63) is 34.0 Å². The van der Waals surface area contributed by atoms with Crippen molar-refractivity contribution in [3.8, 4) is 11.3 Å². The summed E-state index contributed by atoms with van der Waals surface area (Å²) >= 11 is 14.2. The average Bonchev–Trinajstić information content (AvgIpc) is 2.84. The van der Waals surface area contributed by atoms with Crippen molar-refractivity contribution in [2.24, 2.45) is 0 Å². The lowest BCUT2D eigenvalue weighted by atomic mass is 10.1. The van der Waals surface area contributed by atoms with Crippen molar-refractivity contribution in [2.45, 2.75) is 32.4 Å². The summed E-state index contributed by atoms with van der Waals surface area (Å²) < 4.78 is 5.38. The second kappa shape index (κ2) is 8.34. The second-order valence-electron chi connectivity index (χ2n) is 6.40. The Morgan fingerprint density at radius 3 is 2.52 bits per heavy atom. The molecule has 1 heterocycles. The quantitative estimate of drug-likeness (QED) is 0.638. The fraction of sp³-hybridized carbons (Fsp3) is 0.412. The summed E-state index contributed by atoms with van der Waals surface area (Å²) in [5.41, 5.74) is 1.39. The number of anilines is 1. The molecule has 0 atom stereocenters. The second-order valence-corrected chi connectivity index (χ2v) is 9.14. The molecule has 0 saturated carbocycles. The van der Waals surface area contributed by atoms with Crippen molar-refractivity contribution in [3.63, 3.8) is 0 Å². The predicted molar refractivity (Wildman–Crippen MR) is 106 cm³/mol. The molecule has 2 aromatic rings. The Balaban J connectivity index is 2.08. The maximum Gasteiger partial charge on any atom is 0.319 e. The highest BCUT2D eigenvalue weighted by molar-refractivity contribution is 8.00. The summed E-state index contributed by atoms with van der Waals surface area (Å²) in [5.74, 6) is 1.30. The van der Waals surface area contributed by atoms with Crippen LogP contribution in [0.25, 0.3) is 11.3 Å². The third-order valence-corrected chi connectivity index (χ3v) is 5.13. The van der Waals surface area contributed by atoms with Crippen LogP contribution in [-0.2, 0) is 0 Å². The van der Waals surface area contributed by atoms with E-state index in [0.29, 0.717) is 39.3 Å². The van der Waals surface area contributed by atoms with E-state index >= 15 is 0 Å². The molecule has 2 rings (SSSR count). The molecular weight excluding hydrogens is 381 g/mol. The van der Waals surface area contributed by atoms with Gasteiger partial charge in [-0.1, -0.05) is 55.2 Å². The van der Waals surface area contributed by atoms with Gasteiger partial charge in [0.15, 0.2) is 5.76 Å². The van der Waals surface area contributed by atoms with Gasteiger partial charge in [-0.25, -0.2) is 4.79 Å². The first kappa shape index (κ1) is 19.9. The number of carbonyl (C=O) groups is 1. The van der Waals surface area contributed by atoms with E-state index in [2.05, 4.69) is 36.6 Å². The van der Waals surface area contributed by atoms with E-state index in [1.54, 1.807) is 36.9 Å². The lowest BCUT2D eigenvalue weighted by Gasteiger charge is -2.17. The van der Waals surface area contributed by atoms with Crippen LogP contribution in [0.5, 0.6) is 0 Å². The molecule has 0 unspecified atom stereocenters. The van der Waals surface area contributed by atoms with Crippen molar-refractivity contribution in [1.29, 1.82) is 0 Å². The third-order valence-electron chi connectivity index (χ3n) is 3.22. The molecule has 0 radical (unpaired) electrons.